The van der Waals surface area contributed by atoms with Crippen molar-refractivity contribution in [2.24, 2.45) is 0 Å². The van der Waals surface area contributed by atoms with Crippen molar-refractivity contribution in [2.75, 3.05) is 5.73 Å². The Kier molecular flexibility index (Phi) is 4.42. The highest BCUT2D eigenvalue weighted by Gasteiger charge is 2.24. The van der Waals surface area contributed by atoms with Crippen LogP contribution in [0.15, 0.2) is 22.7 Å². The molecular weight excluding hydrogens is 333 g/mol. The molecule has 0 radical (unpaired) electrons. The first-order chi connectivity index (χ1) is 9.75. The van der Waals surface area contributed by atoms with Crippen molar-refractivity contribution in [3.8, 4) is 11.3 Å². The molecule has 2 N–H and O–H groups in total. The van der Waals surface area contributed by atoms with Gasteiger partial charge in [0.1, 0.15) is 23.2 Å². The van der Waals surface area contributed by atoms with Gasteiger partial charge in [0.05, 0.1) is 4.47 Å². The predicted octanol–water partition coefficient (Wildman–Crippen LogP) is 4.74. The van der Waals surface area contributed by atoms with E-state index < -0.39 is 0 Å². The molecule has 5 heteroatoms. The highest BCUT2D eigenvalue weighted by molar-refractivity contribution is 9.10. The molecule has 0 amide bonds. The van der Waals surface area contributed by atoms with E-state index >= 15 is 0 Å². The van der Waals surface area contributed by atoms with Gasteiger partial charge in [0.2, 0.25) is 0 Å². The second-order valence-electron chi connectivity index (χ2n) is 6.15. The maximum Gasteiger partial charge on any atom is 0.137 e. The first-order valence-electron chi connectivity index (χ1n) is 7.08. The van der Waals surface area contributed by atoms with Crippen molar-refractivity contribution in [2.45, 2.75) is 46.1 Å². The topological polar surface area (TPSA) is 43.8 Å². The summed E-state index contributed by atoms with van der Waals surface area (Å²) in [6, 6.07) is 4.85. The van der Waals surface area contributed by atoms with Gasteiger partial charge in [-0.1, -0.05) is 6.92 Å². The summed E-state index contributed by atoms with van der Waals surface area (Å²) in [6.45, 7) is 8.43. The number of aromatic nitrogens is 2. The molecule has 1 aromatic heterocycles. The normalized spacial score (nSPS) is 11.9. The first kappa shape index (κ1) is 16.0. The molecule has 3 nitrogen and oxygen atoms in total. The van der Waals surface area contributed by atoms with Crippen molar-refractivity contribution in [1.82, 2.24) is 9.55 Å². The number of hydrogen-bond acceptors (Lipinski definition) is 2. The maximum atomic E-state index is 13.4. The Labute approximate surface area is 133 Å². The third-order valence-electron chi connectivity index (χ3n) is 3.32. The van der Waals surface area contributed by atoms with Crippen LogP contribution in [0.2, 0.25) is 0 Å². The summed E-state index contributed by atoms with van der Waals surface area (Å²) in [7, 11) is 0. The maximum absolute atomic E-state index is 13.4. The van der Waals surface area contributed by atoms with Gasteiger partial charge in [-0.2, -0.15) is 0 Å². The number of hydrogen-bond donors (Lipinski definition) is 1. The molecule has 0 spiro atoms. The van der Waals surface area contributed by atoms with Crippen LogP contribution in [0.25, 0.3) is 11.3 Å². The highest BCUT2D eigenvalue weighted by atomic mass is 79.9. The van der Waals surface area contributed by atoms with Crippen LogP contribution in [0, 0.1) is 5.82 Å². The van der Waals surface area contributed by atoms with Crippen LogP contribution >= 0.6 is 15.9 Å². The number of anilines is 1. The van der Waals surface area contributed by atoms with Crippen LogP contribution in [0.1, 0.15) is 39.9 Å². The average Bonchev–Trinajstić information content (AvgIpc) is 2.70. The molecule has 0 aliphatic heterocycles. The molecule has 21 heavy (non-hydrogen) atoms. The van der Waals surface area contributed by atoms with Crippen molar-refractivity contribution < 1.29 is 4.39 Å². The quantitative estimate of drug-likeness (QED) is 0.865. The molecule has 0 unspecified atom stereocenters. The lowest BCUT2D eigenvalue weighted by Gasteiger charge is -2.25. The SMILES string of the molecule is CCCc1nc(-c2ccc(F)c(Br)c2)c(N)n1C(C)(C)C. The highest BCUT2D eigenvalue weighted by Crippen LogP contribution is 2.33. The summed E-state index contributed by atoms with van der Waals surface area (Å²) in [5.41, 5.74) is 7.73. The van der Waals surface area contributed by atoms with Crippen LogP contribution < -0.4 is 5.73 Å². The fourth-order valence-electron chi connectivity index (χ4n) is 2.48. The van der Waals surface area contributed by atoms with E-state index in [9.17, 15) is 4.39 Å². The van der Waals surface area contributed by atoms with Crippen molar-refractivity contribution >= 4 is 21.7 Å². The number of nitrogens with two attached hydrogens (primary N) is 1. The molecular formula is C16H21BrFN3. The second kappa shape index (κ2) is 5.79. The Morgan fingerprint density at radius 3 is 2.52 bits per heavy atom. The predicted molar refractivity (Wildman–Crippen MR) is 88.7 cm³/mol. The summed E-state index contributed by atoms with van der Waals surface area (Å²) in [4.78, 5) is 4.70. The van der Waals surface area contributed by atoms with Crippen molar-refractivity contribution in [3.05, 3.63) is 34.3 Å². The zero-order valence-corrected chi connectivity index (χ0v) is 14.5. The summed E-state index contributed by atoms with van der Waals surface area (Å²) >= 11 is 3.21. The van der Waals surface area contributed by atoms with Gasteiger partial charge in [-0.3, -0.25) is 0 Å². The second-order valence-corrected chi connectivity index (χ2v) is 7.00. The standard InChI is InChI=1S/C16H21BrFN3/c1-5-6-13-20-14(15(19)21(13)16(2,3)4)10-7-8-12(18)11(17)9-10/h7-9H,5-6,19H2,1-4H3. The van der Waals surface area contributed by atoms with Crippen LogP contribution in [0.5, 0.6) is 0 Å². The Morgan fingerprint density at radius 2 is 2.00 bits per heavy atom. The molecule has 0 saturated carbocycles. The first-order valence-corrected chi connectivity index (χ1v) is 7.88. The summed E-state index contributed by atoms with van der Waals surface area (Å²) in [6.07, 6.45) is 1.86. The number of imidazole rings is 1. The molecule has 0 saturated heterocycles. The van der Waals surface area contributed by atoms with E-state index in [2.05, 4.69) is 48.2 Å². The van der Waals surface area contributed by atoms with Crippen molar-refractivity contribution in [3.63, 3.8) is 0 Å². The summed E-state index contributed by atoms with van der Waals surface area (Å²) in [5.74, 6) is 1.31. The third-order valence-corrected chi connectivity index (χ3v) is 3.93. The molecule has 114 valence electrons. The van der Waals surface area contributed by atoms with Gasteiger partial charge in [-0.15, -0.1) is 0 Å². The smallest absolute Gasteiger partial charge is 0.137 e. The molecule has 1 aromatic carbocycles. The third kappa shape index (κ3) is 3.12. The van der Waals surface area contributed by atoms with Crippen LogP contribution in [-0.2, 0) is 12.0 Å². The van der Waals surface area contributed by atoms with Gasteiger partial charge < -0.3 is 10.3 Å². The van der Waals surface area contributed by atoms with Crippen LogP contribution in [-0.4, -0.2) is 9.55 Å². The van der Waals surface area contributed by atoms with Gasteiger partial charge in [0.15, 0.2) is 0 Å². The number of rotatable bonds is 3. The number of halogens is 2. The molecule has 2 rings (SSSR count). The fraction of sp³-hybridized carbons (Fsp3) is 0.438. The van der Waals surface area contributed by atoms with E-state index in [0.29, 0.717) is 16.0 Å². The van der Waals surface area contributed by atoms with E-state index in [4.69, 9.17) is 10.7 Å². The molecule has 0 aliphatic carbocycles. The summed E-state index contributed by atoms with van der Waals surface area (Å²) in [5, 5.41) is 0. The summed E-state index contributed by atoms with van der Waals surface area (Å²) < 4.78 is 15.9. The van der Waals surface area contributed by atoms with Gasteiger partial charge in [0.25, 0.3) is 0 Å². The Hall–Kier alpha value is -1.36. The van der Waals surface area contributed by atoms with E-state index in [1.165, 1.54) is 6.07 Å². The lowest BCUT2D eigenvalue weighted by Crippen LogP contribution is -2.25. The molecule has 0 aliphatic rings. The minimum atomic E-state index is -0.290. The van der Waals surface area contributed by atoms with Crippen LogP contribution in [0.4, 0.5) is 10.2 Å². The van der Waals surface area contributed by atoms with E-state index in [1.807, 2.05) is 0 Å². The van der Waals surface area contributed by atoms with Gasteiger partial charge >= 0.3 is 0 Å². The minimum Gasteiger partial charge on any atom is -0.383 e. The molecule has 0 fully saturated rings. The minimum absolute atomic E-state index is 0.142. The average molecular weight is 354 g/mol. The van der Waals surface area contributed by atoms with E-state index in [1.54, 1.807) is 12.1 Å². The monoisotopic (exact) mass is 353 g/mol. The van der Waals surface area contributed by atoms with Gasteiger partial charge in [-0.05, 0) is 61.3 Å². The number of aryl methyl sites for hydroxylation is 1. The molecule has 1 heterocycles. The molecule has 0 bridgehead atoms. The van der Waals surface area contributed by atoms with Gasteiger partial charge in [-0.25, -0.2) is 9.37 Å². The van der Waals surface area contributed by atoms with E-state index in [0.717, 1.165) is 24.2 Å². The van der Waals surface area contributed by atoms with E-state index in [-0.39, 0.29) is 11.4 Å². The largest absolute Gasteiger partial charge is 0.383 e. The number of nitrogens with zero attached hydrogens (tertiary/aromatic N) is 2. The Bertz CT molecular complexity index is 656. The van der Waals surface area contributed by atoms with Crippen LogP contribution in [0.3, 0.4) is 0 Å². The zero-order valence-electron chi connectivity index (χ0n) is 12.9. The number of nitrogen functional groups attached to an aromatic ring is 1. The number of benzene rings is 1. The zero-order chi connectivity index (χ0) is 15.8. The molecule has 2 aromatic rings. The lowest BCUT2D eigenvalue weighted by atomic mass is 10.1. The lowest BCUT2D eigenvalue weighted by molar-refractivity contribution is 0.387. The Balaban J connectivity index is 2.62. The fourth-order valence-corrected chi connectivity index (χ4v) is 2.86. The Morgan fingerprint density at radius 1 is 1.33 bits per heavy atom. The van der Waals surface area contributed by atoms with Crippen molar-refractivity contribution in [1.29, 1.82) is 0 Å². The van der Waals surface area contributed by atoms with Gasteiger partial charge in [0, 0.05) is 17.5 Å². The molecule has 0 atom stereocenters.